The molecule has 2 aromatic carbocycles. The lowest BCUT2D eigenvalue weighted by molar-refractivity contribution is -0.121. The number of hydrogen-bond donors (Lipinski definition) is 1. The molecule has 1 unspecified atom stereocenters. The van der Waals surface area contributed by atoms with E-state index in [0.717, 1.165) is 21.9 Å². The summed E-state index contributed by atoms with van der Waals surface area (Å²) in [7, 11) is 0. The van der Waals surface area contributed by atoms with Crippen LogP contribution in [-0.4, -0.2) is 36.6 Å². The molecule has 1 aromatic heterocycles. The first-order valence-corrected chi connectivity index (χ1v) is 12.1. The predicted molar refractivity (Wildman–Crippen MR) is 130 cm³/mol. The van der Waals surface area contributed by atoms with Crippen molar-refractivity contribution in [2.75, 3.05) is 24.7 Å². The van der Waals surface area contributed by atoms with Crippen molar-refractivity contribution < 1.29 is 19.1 Å². The average Bonchev–Trinajstić information content (AvgIpc) is 2.98. The topological polar surface area (TPSA) is 80.8 Å². The summed E-state index contributed by atoms with van der Waals surface area (Å²) < 4.78 is 11.2. The van der Waals surface area contributed by atoms with Gasteiger partial charge in [-0.2, -0.15) is 0 Å². The van der Waals surface area contributed by atoms with Crippen LogP contribution < -0.4 is 19.7 Å². The third-order valence-electron chi connectivity index (χ3n) is 5.84. The number of pyridine rings is 1. The number of para-hydroxylation sites is 1. The molecule has 0 bridgehead atoms. The second-order valence-corrected chi connectivity index (χ2v) is 9.21. The summed E-state index contributed by atoms with van der Waals surface area (Å²) in [5, 5.41) is 3.75. The maximum atomic E-state index is 13.3. The highest BCUT2D eigenvalue weighted by atomic mass is 32.2. The number of amides is 2. The monoisotopic (exact) mass is 475 g/mol. The van der Waals surface area contributed by atoms with Crippen molar-refractivity contribution in [2.24, 2.45) is 0 Å². The van der Waals surface area contributed by atoms with Crippen molar-refractivity contribution in [1.82, 2.24) is 10.3 Å². The Labute approximate surface area is 202 Å². The Morgan fingerprint density at radius 2 is 1.94 bits per heavy atom. The van der Waals surface area contributed by atoms with Crippen molar-refractivity contribution in [3.8, 4) is 11.5 Å². The van der Waals surface area contributed by atoms with E-state index in [1.807, 2.05) is 49.4 Å². The fourth-order valence-electron chi connectivity index (χ4n) is 4.11. The summed E-state index contributed by atoms with van der Waals surface area (Å²) in [5.74, 6) is 1.28. The van der Waals surface area contributed by atoms with Crippen LogP contribution in [0.2, 0.25) is 0 Å². The average molecular weight is 476 g/mol. The molecule has 5 rings (SSSR count). The van der Waals surface area contributed by atoms with E-state index in [2.05, 4.69) is 10.3 Å². The highest BCUT2D eigenvalue weighted by Gasteiger charge is 2.27. The summed E-state index contributed by atoms with van der Waals surface area (Å²) in [6, 6.07) is 16.9. The SMILES string of the molecule is CC(NC(=O)CCCN1C(=O)c2cccnc2Sc2ccccc21)c1ccc2c(c1)OCCO2. The van der Waals surface area contributed by atoms with Crippen LogP contribution in [0.4, 0.5) is 5.69 Å². The molecule has 3 aromatic rings. The van der Waals surface area contributed by atoms with Gasteiger partial charge in [-0.1, -0.05) is 30.0 Å². The van der Waals surface area contributed by atoms with Crippen molar-refractivity contribution in [3.05, 3.63) is 71.9 Å². The van der Waals surface area contributed by atoms with Crippen molar-refractivity contribution in [3.63, 3.8) is 0 Å². The number of rotatable bonds is 6. The molecule has 0 saturated heterocycles. The van der Waals surface area contributed by atoms with E-state index in [-0.39, 0.29) is 17.9 Å². The number of nitrogens with one attached hydrogen (secondary N) is 1. The minimum absolute atomic E-state index is 0.0608. The zero-order valence-corrected chi connectivity index (χ0v) is 19.6. The lowest BCUT2D eigenvalue weighted by Crippen LogP contribution is -2.33. The minimum Gasteiger partial charge on any atom is -0.486 e. The van der Waals surface area contributed by atoms with E-state index in [4.69, 9.17) is 9.47 Å². The first-order valence-electron chi connectivity index (χ1n) is 11.3. The molecule has 0 fully saturated rings. The van der Waals surface area contributed by atoms with Crippen molar-refractivity contribution in [2.45, 2.75) is 35.7 Å². The molecule has 8 heteroatoms. The van der Waals surface area contributed by atoms with Gasteiger partial charge in [0.25, 0.3) is 5.91 Å². The Bertz CT molecular complexity index is 1230. The van der Waals surface area contributed by atoms with Gasteiger partial charge in [0.1, 0.15) is 18.2 Å². The van der Waals surface area contributed by atoms with Crippen LogP contribution in [0, 0.1) is 0 Å². The Morgan fingerprint density at radius 1 is 1.12 bits per heavy atom. The van der Waals surface area contributed by atoms with Crippen LogP contribution >= 0.6 is 11.8 Å². The van der Waals surface area contributed by atoms with Crippen LogP contribution in [0.25, 0.3) is 0 Å². The Morgan fingerprint density at radius 3 is 2.82 bits per heavy atom. The molecule has 34 heavy (non-hydrogen) atoms. The van der Waals surface area contributed by atoms with E-state index in [0.29, 0.717) is 48.9 Å². The lowest BCUT2D eigenvalue weighted by Gasteiger charge is -2.23. The number of ether oxygens (including phenoxy) is 2. The number of carbonyl (C=O) groups is 2. The molecule has 1 atom stereocenters. The second kappa shape index (κ2) is 9.77. The molecule has 0 saturated carbocycles. The summed E-state index contributed by atoms with van der Waals surface area (Å²) >= 11 is 1.49. The minimum atomic E-state index is -0.168. The third-order valence-corrected chi connectivity index (χ3v) is 6.92. The van der Waals surface area contributed by atoms with E-state index in [1.165, 1.54) is 11.8 Å². The zero-order chi connectivity index (χ0) is 23.5. The summed E-state index contributed by atoms with van der Waals surface area (Å²) in [5.41, 5.74) is 2.39. The first-order chi connectivity index (χ1) is 16.6. The Balaban J connectivity index is 1.23. The normalized spacial score (nSPS) is 15.1. The lowest BCUT2D eigenvalue weighted by atomic mass is 10.1. The van der Waals surface area contributed by atoms with Gasteiger partial charge >= 0.3 is 0 Å². The summed E-state index contributed by atoms with van der Waals surface area (Å²) in [6.45, 7) is 3.45. The Hall–Kier alpha value is -3.52. The summed E-state index contributed by atoms with van der Waals surface area (Å²) in [4.78, 5) is 33.1. The van der Waals surface area contributed by atoms with Crippen LogP contribution in [0.3, 0.4) is 0 Å². The molecule has 1 N–H and O–H groups in total. The van der Waals surface area contributed by atoms with Crippen LogP contribution in [-0.2, 0) is 4.79 Å². The zero-order valence-electron chi connectivity index (χ0n) is 18.8. The van der Waals surface area contributed by atoms with Crippen LogP contribution in [0.1, 0.15) is 41.7 Å². The molecule has 7 nitrogen and oxygen atoms in total. The highest BCUT2D eigenvalue weighted by molar-refractivity contribution is 7.99. The first kappa shape index (κ1) is 22.3. The summed E-state index contributed by atoms with van der Waals surface area (Å²) in [6.07, 6.45) is 2.55. The van der Waals surface area contributed by atoms with Gasteiger partial charge in [-0.25, -0.2) is 4.98 Å². The van der Waals surface area contributed by atoms with Gasteiger partial charge in [-0.15, -0.1) is 0 Å². The maximum absolute atomic E-state index is 13.3. The van der Waals surface area contributed by atoms with Gasteiger partial charge in [-0.05, 0) is 55.3 Å². The van der Waals surface area contributed by atoms with Crippen LogP contribution in [0.15, 0.2) is 70.7 Å². The molecule has 3 heterocycles. The van der Waals surface area contributed by atoms with Crippen molar-refractivity contribution >= 4 is 29.3 Å². The largest absolute Gasteiger partial charge is 0.486 e. The standard InChI is InChI=1S/C26H25N3O4S/c1-17(18-10-11-21-22(16-18)33-15-14-32-21)28-24(30)9-5-13-29-20-7-2-3-8-23(20)34-25-19(26(29)31)6-4-12-27-25/h2-4,6-8,10-12,16-17H,5,9,13-15H2,1H3,(H,28,30). The molecule has 0 radical (unpaired) electrons. The second-order valence-electron chi connectivity index (χ2n) is 8.18. The molecule has 2 amide bonds. The Kier molecular flexibility index (Phi) is 6.40. The van der Waals surface area contributed by atoms with Gasteiger partial charge in [-0.3, -0.25) is 9.59 Å². The number of aromatic nitrogens is 1. The van der Waals surface area contributed by atoms with E-state index >= 15 is 0 Å². The van der Waals surface area contributed by atoms with Crippen molar-refractivity contribution in [1.29, 1.82) is 0 Å². The molecule has 2 aliphatic rings. The van der Waals surface area contributed by atoms with E-state index in [1.54, 1.807) is 23.2 Å². The number of nitrogens with zero attached hydrogens (tertiary/aromatic N) is 2. The molecule has 174 valence electrons. The number of carbonyl (C=O) groups excluding carboxylic acids is 2. The van der Waals surface area contributed by atoms with Crippen LogP contribution in [0.5, 0.6) is 11.5 Å². The smallest absolute Gasteiger partial charge is 0.261 e. The fourth-order valence-corrected chi connectivity index (χ4v) is 5.12. The van der Waals surface area contributed by atoms with E-state index < -0.39 is 0 Å². The number of anilines is 1. The molecule has 2 aliphatic heterocycles. The van der Waals surface area contributed by atoms with E-state index in [9.17, 15) is 9.59 Å². The number of hydrogen-bond acceptors (Lipinski definition) is 6. The molecule has 0 aliphatic carbocycles. The van der Waals surface area contributed by atoms with Gasteiger partial charge in [0.2, 0.25) is 5.91 Å². The van der Waals surface area contributed by atoms with Gasteiger partial charge in [0.15, 0.2) is 11.5 Å². The molecule has 0 spiro atoms. The fraction of sp³-hybridized carbons (Fsp3) is 0.269. The van der Waals surface area contributed by atoms with Gasteiger partial charge < -0.3 is 19.7 Å². The van der Waals surface area contributed by atoms with Gasteiger partial charge in [0.05, 0.1) is 17.3 Å². The molecular formula is C26H25N3O4S. The quantitative estimate of drug-likeness (QED) is 0.560. The molecular weight excluding hydrogens is 450 g/mol. The number of fused-ring (bicyclic) bond motifs is 3. The third kappa shape index (κ3) is 4.59. The predicted octanol–water partition coefficient (Wildman–Crippen LogP) is 4.62. The highest BCUT2D eigenvalue weighted by Crippen LogP contribution is 2.40. The number of benzene rings is 2. The van der Waals surface area contributed by atoms with Gasteiger partial charge in [0, 0.05) is 24.1 Å². The maximum Gasteiger partial charge on any atom is 0.261 e.